The van der Waals surface area contributed by atoms with Crippen LogP contribution in [0.25, 0.3) is 0 Å². The fourth-order valence-electron chi connectivity index (χ4n) is 3.92. The van der Waals surface area contributed by atoms with Crippen molar-refractivity contribution < 1.29 is 23.6 Å². The van der Waals surface area contributed by atoms with Crippen LogP contribution in [-0.4, -0.2) is 47.5 Å². The lowest BCUT2D eigenvalue weighted by Gasteiger charge is -2.25. The van der Waals surface area contributed by atoms with Gasteiger partial charge in [-0.2, -0.15) is 0 Å². The van der Waals surface area contributed by atoms with Crippen molar-refractivity contribution in [1.82, 2.24) is 4.90 Å². The van der Waals surface area contributed by atoms with E-state index in [1.54, 1.807) is 24.3 Å². The van der Waals surface area contributed by atoms with Crippen LogP contribution in [0.5, 0.6) is 0 Å². The lowest BCUT2D eigenvalue weighted by atomic mass is 10.1. The van der Waals surface area contributed by atoms with E-state index >= 15 is 0 Å². The highest BCUT2D eigenvalue weighted by molar-refractivity contribution is 6.13. The number of hydrogen-bond acceptors (Lipinski definition) is 4. The molecule has 2 aromatic carbocycles. The molecule has 2 aliphatic rings. The first-order chi connectivity index (χ1) is 14.3. The minimum Gasteiger partial charge on any atom is -0.327 e. The maximum atomic E-state index is 13.9. The number of amides is 3. The molecule has 0 saturated carbocycles. The predicted molar refractivity (Wildman–Crippen MR) is 108 cm³/mol. The average molecular weight is 409 g/mol. The summed E-state index contributed by atoms with van der Waals surface area (Å²) in [5, 5.41) is 2.68. The first-order valence-electron chi connectivity index (χ1n) is 9.68. The summed E-state index contributed by atoms with van der Waals surface area (Å²) in [5.74, 6) is -1.90. The van der Waals surface area contributed by atoms with E-state index in [9.17, 15) is 23.6 Å². The van der Waals surface area contributed by atoms with Crippen LogP contribution in [0.2, 0.25) is 0 Å². The molecule has 2 heterocycles. The van der Waals surface area contributed by atoms with Crippen LogP contribution in [-0.2, 0) is 9.59 Å². The first-order valence-corrected chi connectivity index (χ1v) is 9.68. The Morgan fingerprint density at radius 2 is 1.87 bits per heavy atom. The Labute approximate surface area is 172 Å². The van der Waals surface area contributed by atoms with Crippen molar-refractivity contribution in [1.29, 1.82) is 0 Å². The van der Waals surface area contributed by atoms with E-state index in [2.05, 4.69) is 5.32 Å². The molecule has 1 N–H and O–H groups in total. The molecule has 8 heteroatoms. The smallest absolute Gasteiger partial charge is 0.256 e. The topological polar surface area (TPSA) is 86.8 Å². The molecule has 1 atom stereocenters. The van der Waals surface area contributed by atoms with Gasteiger partial charge in [-0.3, -0.25) is 19.2 Å². The summed E-state index contributed by atoms with van der Waals surface area (Å²) >= 11 is 0. The summed E-state index contributed by atoms with van der Waals surface area (Å²) in [7, 11) is 0. The van der Waals surface area contributed by atoms with E-state index < -0.39 is 23.7 Å². The zero-order valence-electron chi connectivity index (χ0n) is 16.4. The normalized spacial score (nSPS) is 18.0. The van der Waals surface area contributed by atoms with Gasteiger partial charge in [0.05, 0.1) is 11.3 Å². The maximum absolute atomic E-state index is 13.9. The van der Waals surface area contributed by atoms with Gasteiger partial charge in [-0.1, -0.05) is 0 Å². The molecule has 0 spiro atoms. The third kappa shape index (κ3) is 3.56. The number of carbonyl (C=O) groups is 4. The van der Waals surface area contributed by atoms with Crippen molar-refractivity contribution in [3.8, 4) is 0 Å². The van der Waals surface area contributed by atoms with Crippen molar-refractivity contribution in [2.24, 2.45) is 0 Å². The molecule has 0 unspecified atom stereocenters. The number of fused-ring (bicyclic) bond motifs is 2. The van der Waals surface area contributed by atoms with Gasteiger partial charge in [0.1, 0.15) is 18.4 Å². The monoisotopic (exact) mass is 409 g/mol. The average Bonchev–Trinajstić information content (AvgIpc) is 3.19. The minimum absolute atomic E-state index is 0.0903. The number of halogens is 1. The van der Waals surface area contributed by atoms with Gasteiger partial charge in [0.25, 0.3) is 5.91 Å². The highest BCUT2D eigenvalue weighted by Crippen LogP contribution is 2.33. The van der Waals surface area contributed by atoms with E-state index in [0.29, 0.717) is 30.6 Å². The highest BCUT2D eigenvalue weighted by Gasteiger charge is 2.42. The summed E-state index contributed by atoms with van der Waals surface area (Å²) in [5.41, 5.74) is 1.28. The van der Waals surface area contributed by atoms with E-state index in [-0.39, 0.29) is 29.5 Å². The van der Waals surface area contributed by atoms with Crippen LogP contribution in [0, 0.1) is 5.82 Å². The Bertz CT molecular complexity index is 1050. The summed E-state index contributed by atoms with van der Waals surface area (Å²) in [6.45, 7) is 1.54. The first kappa shape index (κ1) is 19.8. The summed E-state index contributed by atoms with van der Waals surface area (Å²) < 4.78 is 13.9. The quantitative estimate of drug-likeness (QED) is 0.787. The zero-order chi connectivity index (χ0) is 21.4. The number of hydrogen-bond donors (Lipinski definition) is 1. The van der Waals surface area contributed by atoms with Crippen LogP contribution in [0.1, 0.15) is 40.5 Å². The molecule has 3 amide bonds. The fraction of sp³-hybridized carbons (Fsp3) is 0.273. The molecule has 0 aliphatic carbocycles. The van der Waals surface area contributed by atoms with Gasteiger partial charge in [-0.15, -0.1) is 0 Å². The van der Waals surface area contributed by atoms with E-state index in [4.69, 9.17) is 0 Å². The predicted octanol–water partition coefficient (Wildman–Crippen LogP) is 2.62. The third-order valence-electron chi connectivity index (χ3n) is 5.42. The summed E-state index contributed by atoms with van der Waals surface area (Å²) in [6.07, 6.45) is 1.20. The molecule has 154 valence electrons. The lowest BCUT2D eigenvalue weighted by molar-refractivity contribution is -0.124. The number of nitrogens with one attached hydrogen (secondary N) is 1. The largest absolute Gasteiger partial charge is 0.327 e. The minimum atomic E-state index is -0.657. The molecular formula is C22H20FN3O4. The van der Waals surface area contributed by atoms with Gasteiger partial charge < -0.3 is 15.1 Å². The summed E-state index contributed by atoms with van der Waals surface area (Å²) in [6, 6.07) is 9.35. The molecule has 2 aliphatic heterocycles. The van der Waals surface area contributed by atoms with Crippen LogP contribution in [0.15, 0.2) is 42.5 Å². The van der Waals surface area contributed by atoms with Crippen LogP contribution < -0.4 is 10.2 Å². The van der Waals surface area contributed by atoms with Gasteiger partial charge in [0, 0.05) is 17.8 Å². The van der Waals surface area contributed by atoms with Gasteiger partial charge in [0.2, 0.25) is 11.8 Å². The number of rotatable bonds is 4. The molecule has 0 aromatic heterocycles. The van der Waals surface area contributed by atoms with Gasteiger partial charge in [0.15, 0.2) is 5.78 Å². The zero-order valence-corrected chi connectivity index (χ0v) is 16.4. The second-order valence-electron chi connectivity index (χ2n) is 7.42. The molecule has 0 radical (unpaired) electrons. The van der Waals surface area contributed by atoms with Gasteiger partial charge >= 0.3 is 0 Å². The van der Waals surface area contributed by atoms with Crippen molar-refractivity contribution in [3.05, 3.63) is 59.4 Å². The molecule has 4 rings (SSSR count). The number of carbonyl (C=O) groups excluding carboxylic acids is 4. The molecule has 1 saturated heterocycles. The Morgan fingerprint density at radius 3 is 2.57 bits per heavy atom. The van der Waals surface area contributed by atoms with Crippen LogP contribution >= 0.6 is 0 Å². The second kappa shape index (κ2) is 7.70. The summed E-state index contributed by atoms with van der Waals surface area (Å²) in [4.78, 5) is 52.8. The molecule has 0 bridgehead atoms. The Balaban J connectivity index is 1.61. The van der Waals surface area contributed by atoms with Crippen molar-refractivity contribution in [2.75, 3.05) is 23.3 Å². The van der Waals surface area contributed by atoms with Crippen molar-refractivity contribution >= 4 is 34.9 Å². The number of ketones is 1. The molecule has 2 aromatic rings. The van der Waals surface area contributed by atoms with Gasteiger partial charge in [-0.05, 0) is 62.2 Å². The molecule has 30 heavy (non-hydrogen) atoms. The lowest BCUT2D eigenvalue weighted by Crippen LogP contribution is -2.47. The van der Waals surface area contributed by atoms with Crippen LogP contribution in [0.3, 0.4) is 0 Å². The van der Waals surface area contributed by atoms with Crippen LogP contribution in [0.4, 0.5) is 15.8 Å². The van der Waals surface area contributed by atoms with E-state index in [1.807, 2.05) is 0 Å². The number of nitrogens with zero attached hydrogens (tertiary/aromatic N) is 2. The third-order valence-corrected chi connectivity index (χ3v) is 5.42. The Kier molecular flexibility index (Phi) is 5.07. The SMILES string of the molecule is CC(=O)c1ccc(NC(=O)CN2C(=O)[C@H]3CCCN3C(=O)c3ccc(F)cc32)cc1. The fourth-order valence-corrected chi connectivity index (χ4v) is 3.92. The standard InChI is InChI=1S/C22H20FN3O4/c1-13(27)14-4-7-16(8-5-14)24-20(28)12-26-19-11-15(23)6-9-17(19)21(29)25-10-2-3-18(25)22(26)30/h4-9,11,18H,2-3,10,12H2,1H3,(H,24,28)/t18-/m1/s1. The number of Topliss-reactive ketones (excluding diaryl/α,β-unsaturated/α-hetero) is 1. The molecule has 1 fully saturated rings. The van der Waals surface area contributed by atoms with E-state index in [1.165, 1.54) is 28.9 Å². The molecular weight excluding hydrogens is 389 g/mol. The number of anilines is 2. The van der Waals surface area contributed by atoms with Crippen molar-refractivity contribution in [3.63, 3.8) is 0 Å². The Morgan fingerprint density at radius 1 is 1.13 bits per heavy atom. The molecule has 7 nitrogen and oxygen atoms in total. The number of benzene rings is 2. The van der Waals surface area contributed by atoms with E-state index in [0.717, 1.165) is 6.07 Å². The van der Waals surface area contributed by atoms with Gasteiger partial charge in [-0.25, -0.2) is 4.39 Å². The highest BCUT2D eigenvalue weighted by atomic mass is 19.1. The second-order valence-corrected chi connectivity index (χ2v) is 7.42. The van der Waals surface area contributed by atoms with Crippen molar-refractivity contribution in [2.45, 2.75) is 25.8 Å². The maximum Gasteiger partial charge on any atom is 0.256 e. The Hall–Kier alpha value is -3.55.